The summed E-state index contributed by atoms with van der Waals surface area (Å²) in [6.07, 6.45) is 2.21. The molecule has 3 aromatic heterocycles. The molecule has 0 aromatic carbocycles. The minimum absolute atomic E-state index is 0.0601. The molecule has 3 heterocycles. The number of hydrogen-bond donors (Lipinski definition) is 2. The fraction of sp³-hybridized carbons (Fsp3) is 0.421. The van der Waals surface area contributed by atoms with E-state index in [1.807, 2.05) is 13.8 Å². The van der Waals surface area contributed by atoms with Crippen LogP contribution in [0.4, 0.5) is 8.78 Å². The van der Waals surface area contributed by atoms with Crippen LogP contribution in [0.25, 0.3) is 5.65 Å². The molecule has 2 N–H and O–H groups in total. The molecule has 0 atom stereocenters. The Bertz CT molecular complexity index is 1050. The molecule has 0 fully saturated rings. The van der Waals surface area contributed by atoms with Crippen molar-refractivity contribution in [2.75, 3.05) is 13.2 Å². The molecule has 0 bridgehead atoms. The molecule has 0 radical (unpaired) electrons. The third-order valence-corrected chi connectivity index (χ3v) is 4.22. The van der Waals surface area contributed by atoms with Crippen molar-refractivity contribution in [3.8, 4) is 0 Å². The zero-order valence-corrected chi connectivity index (χ0v) is 17.1. The number of alkyl halides is 2. The highest BCUT2D eigenvalue weighted by molar-refractivity contribution is 5.92. The van der Waals surface area contributed by atoms with Crippen molar-refractivity contribution in [2.45, 2.75) is 39.4 Å². The maximum Gasteiger partial charge on any atom is 0.269 e. The van der Waals surface area contributed by atoms with Gasteiger partial charge in [0.05, 0.1) is 24.6 Å². The van der Waals surface area contributed by atoms with Crippen molar-refractivity contribution >= 4 is 17.5 Å². The van der Waals surface area contributed by atoms with Crippen molar-refractivity contribution in [1.29, 1.82) is 0 Å². The largest absolute Gasteiger partial charge is 0.366 e. The first-order valence-corrected chi connectivity index (χ1v) is 9.61. The number of ether oxygens (including phenoxy) is 1. The Morgan fingerprint density at radius 3 is 2.74 bits per heavy atom. The Balaban J connectivity index is 1.55. The summed E-state index contributed by atoms with van der Waals surface area (Å²) in [5, 5.41) is 13.7. The molecule has 10 nitrogen and oxygen atoms in total. The molecule has 3 aromatic rings. The molecule has 166 valence electrons. The minimum atomic E-state index is -2.61. The van der Waals surface area contributed by atoms with Gasteiger partial charge in [0.1, 0.15) is 18.9 Å². The Labute approximate surface area is 176 Å². The van der Waals surface area contributed by atoms with Crippen LogP contribution < -0.4 is 10.6 Å². The Kier molecular flexibility index (Phi) is 7.23. The lowest BCUT2D eigenvalue weighted by atomic mass is 10.3. The van der Waals surface area contributed by atoms with E-state index in [0.717, 1.165) is 0 Å². The molecule has 0 saturated carbocycles. The van der Waals surface area contributed by atoms with Gasteiger partial charge in [-0.05, 0) is 31.5 Å². The van der Waals surface area contributed by atoms with Gasteiger partial charge in [-0.2, -0.15) is 10.2 Å². The van der Waals surface area contributed by atoms with E-state index in [1.54, 1.807) is 39.9 Å². The summed E-state index contributed by atoms with van der Waals surface area (Å²) < 4.78 is 31.8. The molecular formula is C19H23F2N7O3. The first-order valence-electron chi connectivity index (χ1n) is 9.61. The van der Waals surface area contributed by atoms with Gasteiger partial charge < -0.3 is 15.4 Å². The van der Waals surface area contributed by atoms with Crippen molar-refractivity contribution in [3.63, 3.8) is 0 Å². The molecule has 0 unspecified atom stereocenters. The lowest BCUT2D eigenvalue weighted by Gasteiger charge is -2.10. The van der Waals surface area contributed by atoms with E-state index < -0.39 is 25.5 Å². The minimum Gasteiger partial charge on any atom is -0.366 e. The van der Waals surface area contributed by atoms with Crippen LogP contribution in [0.3, 0.4) is 0 Å². The van der Waals surface area contributed by atoms with Gasteiger partial charge in [0.2, 0.25) is 5.91 Å². The third-order valence-electron chi connectivity index (χ3n) is 4.22. The lowest BCUT2D eigenvalue weighted by molar-refractivity contribution is -0.127. The van der Waals surface area contributed by atoms with Crippen LogP contribution in [0.15, 0.2) is 30.7 Å². The van der Waals surface area contributed by atoms with Crippen LogP contribution in [0, 0.1) is 0 Å². The number of imidazole rings is 1. The van der Waals surface area contributed by atoms with Gasteiger partial charge in [-0.25, -0.2) is 18.3 Å². The van der Waals surface area contributed by atoms with Crippen LogP contribution in [0.2, 0.25) is 0 Å². The molecule has 12 heteroatoms. The Morgan fingerprint density at radius 1 is 1.19 bits per heavy atom. The molecular weight excluding hydrogens is 412 g/mol. The summed E-state index contributed by atoms with van der Waals surface area (Å²) >= 11 is 0. The second-order valence-electron chi connectivity index (χ2n) is 7.02. The van der Waals surface area contributed by atoms with E-state index in [2.05, 4.69) is 30.6 Å². The van der Waals surface area contributed by atoms with Gasteiger partial charge in [-0.3, -0.25) is 14.3 Å². The quantitative estimate of drug-likeness (QED) is 0.497. The Hall–Kier alpha value is -3.41. The second kappa shape index (κ2) is 10.1. The fourth-order valence-corrected chi connectivity index (χ4v) is 2.81. The fourth-order valence-electron chi connectivity index (χ4n) is 2.81. The maximum absolute atomic E-state index is 12.4. The highest BCUT2D eigenvalue weighted by Crippen LogP contribution is 2.09. The smallest absolute Gasteiger partial charge is 0.269 e. The summed E-state index contributed by atoms with van der Waals surface area (Å²) in [6.45, 7) is 3.01. The molecule has 0 aliphatic carbocycles. The van der Waals surface area contributed by atoms with Crippen molar-refractivity contribution < 1.29 is 23.1 Å². The van der Waals surface area contributed by atoms with E-state index in [4.69, 9.17) is 0 Å². The SMILES string of the molecule is CC(C)n1nccc1C(=O)NCc1cn2ncc(CNC(=O)COCC(F)F)cc2n1. The zero-order chi connectivity index (χ0) is 22.4. The first-order chi connectivity index (χ1) is 14.8. The van der Waals surface area contributed by atoms with Crippen molar-refractivity contribution in [2.24, 2.45) is 0 Å². The maximum atomic E-state index is 12.4. The molecule has 0 aliphatic heterocycles. The van der Waals surface area contributed by atoms with Crippen LogP contribution in [-0.2, 0) is 22.6 Å². The average molecular weight is 435 g/mol. The number of hydrogen-bond acceptors (Lipinski definition) is 6. The van der Waals surface area contributed by atoms with Crippen LogP contribution in [0.1, 0.15) is 41.6 Å². The summed E-state index contributed by atoms with van der Waals surface area (Å²) in [5.74, 6) is -0.762. The van der Waals surface area contributed by atoms with Crippen molar-refractivity contribution in [3.05, 3.63) is 47.7 Å². The second-order valence-corrected chi connectivity index (χ2v) is 7.02. The van der Waals surface area contributed by atoms with Gasteiger partial charge in [-0.15, -0.1) is 0 Å². The molecule has 2 amide bonds. The number of aromatic nitrogens is 5. The third kappa shape index (κ3) is 6.04. The van der Waals surface area contributed by atoms with Crippen LogP contribution in [-0.4, -0.2) is 55.8 Å². The summed E-state index contributed by atoms with van der Waals surface area (Å²) in [7, 11) is 0. The number of carbonyl (C=O) groups is 2. The summed E-state index contributed by atoms with van der Waals surface area (Å²) in [4.78, 5) is 28.5. The van der Waals surface area contributed by atoms with Crippen molar-refractivity contribution in [1.82, 2.24) is 35.0 Å². The molecule has 31 heavy (non-hydrogen) atoms. The number of nitrogens with one attached hydrogen (secondary N) is 2. The highest BCUT2D eigenvalue weighted by atomic mass is 19.3. The van der Waals surface area contributed by atoms with Gasteiger partial charge in [0.25, 0.3) is 12.3 Å². The first kappa shape index (κ1) is 22.3. The number of fused-ring (bicyclic) bond motifs is 1. The lowest BCUT2D eigenvalue weighted by Crippen LogP contribution is -2.28. The zero-order valence-electron chi connectivity index (χ0n) is 17.1. The van der Waals surface area contributed by atoms with Crippen LogP contribution >= 0.6 is 0 Å². The van der Waals surface area contributed by atoms with E-state index in [0.29, 0.717) is 22.6 Å². The standard InChI is InChI=1S/C19H23F2N7O3/c1-12(2)28-15(3-4-24-28)19(30)23-8-14-9-27-17(26-14)5-13(7-25-27)6-22-18(29)11-31-10-16(20)21/h3-5,7,9,12,16H,6,8,10-11H2,1-2H3,(H,22,29)(H,23,30). The average Bonchev–Trinajstić information content (AvgIpc) is 3.36. The number of halogens is 2. The summed E-state index contributed by atoms with van der Waals surface area (Å²) in [5.41, 5.74) is 2.29. The molecule has 0 aliphatic rings. The molecule has 3 rings (SSSR count). The van der Waals surface area contributed by atoms with Gasteiger partial charge in [0, 0.05) is 18.8 Å². The predicted molar refractivity (Wildman–Crippen MR) is 105 cm³/mol. The normalized spacial score (nSPS) is 11.4. The van der Waals surface area contributed by atoms with E-state index in [-0.39, 0.29) is 25.0 Å². The van der Waals surface area contributed by atoms with E-state index in [1.165, 1.54) is 0 Å². The number of amides is 2. The number of rotatable bonds is 10. The highest BCUT2D eigenvalue weighted by Gasteiger charge is 2.14. The topological polar surface area (TPSA) is 115 Å². The van der Waals surface area contributed by atoms with Crippen LogP contribution in [0.5, 0.6) is 0 Å². The van der Waals surface area contributed by atoms with E-state index >= 15 is 0 Å². The van der Waals surface area contributed by atoms with E-state index in [9.17, 15) is 18.4 Å². The number of nitrogens with zero attached hydrogens (tertiary/aromatic N) is 5. The van der Waals surface area contributed by atoms with Gasteiger partial charge >= 0.3 is 0 Å². The Morgan fingerprint density at radius 2 is 2.00 bits per heavy atom. The number of carbonyl (C=O) groups excluding carboxylic acids is 2. The summed E-state index contributed by atoms with van der Waals surface area (Å²) in [6, 6.07) is 3.44. The predicted octanol–water partition coefficient (Wildman–Crippen LogP) is 1.33. The molecule has 0 spiro atoms. The monoisotopic (exact) mass is 435 g/mol. The van der Waals surface area contributed by atoms with Gasteiger partial charge in [-0.1, -0.05) is 0 Å². The van der Waals surface area contributed by atoms with Gasteiger partial charge in [0.15, 0.2) is 5.65 Å². The molecule has 0 saturated heterocycles.